The van der Waals surface area contributed by atoms with E-state index in [0.29, 0.717) is 5.56 Å². The normalized spacial score (nSPS) is 16.0. The zero-order chi connectivity index (χ0) is 13.2. The summed E-state index contributed by atoms with van der Waals surface area (Å²) in [7, 11) is 0. The van der Waals surface area contributed by atoms with Gasteiger partial charge in [-0.3, -0.25) is 0 Å². The molecule has 0 aliphatic heterocycles. The van der Waals surface area contributed by atoms with Crippen LogP contribution in [0.5, 0.6) is 0 Å². The Morgan fingerprint density at radius 3 is 1.94 bits per heavy atom. The van der Waals surface area contributed by atoms with Crippen molar-refractivity contribution in [3.8, 4) is 0 Å². The van der Waals surface area contributed by atoms with Crippen molar-refractivity contribution in [2.75, 3.05) is 0 Å². The minimum Gasteiger partial charge on any atom is -0.391 e. The third-order valence-electron chi connectivity index (χ3n) is 2.67. The number of hydrogen-bond donors (Lipinski definition) is 2. The summed E-state index contributed by atoms with van der Waals surface area (Å²) in [6, 6.07) is 3.89. The standard InChI is InChI=1S/C12H16F3NO/c1-7(2)11(17)10(16)8-3-5-9(6-4-8)12(13,14)15/h3-7,10-11,17H,16H2,1-2H3/t10-,11+/m0/s1. The van der Waals surface area contributed by atoms with Crippen LogP contribution in [0.1, 0.15) is 31.0 Å². The van der Waals surface area contributed by atoms with Crippen LogP contribution in [0.4, 0.5) is 13.2 Å². The van der Waals surface area contributed by atoms with Crippen LogP contribution in [0.2, 0.25) is 0 Å². The molecule has 17 heavy (non-hydrogen) atoms. The van der Waals surface area contributed by atoms with Gasteiger partial charge < -0.3 is 10.8 Å². The Labute approximate surface area is 98.3 Å². The molecule has 0 bridgehead atoms. The molecular formula is C12H16F3NO. The monoisotopic (exact) mass is 247 g/mol. The summed E-state index contributed by atoms with van der Waals surface area (Å²) < 4.78 is 37.0. The van der Waals surface area contributed by atoms with Gasteiger partial charge in [0.05, 0.1) is 17.7 Å². The Morgan fingerprint density at radius 2 is 1.59 bits per heavy atom. The molecule has 2 nitrogen and oxygen atoms in total. The van der Waals surface area contributed by atoms with Gasteiger partial charge in [-0.1, -0.05) is 26.0 Å². The van der Waals surface area contributed by atoms with Crippen LogP contribution >= 0.6 is 0 Å². The molecule has 2 atom stereocenters. The van der Waals surface area contributed by atoms with E-state index in [2.05, 4.69) is 0 Å². The summed E-state index contributed by atoms with van der Waals surface area (Å²) in [6.45, 7) is 3.60. The number of aliphatic hydroxyl groups is 1. The zero-order valence-electron chi connectivity index (χ0n) is 9.70. The highest BCUT2D eigenvalue weighted by Crippen LogP contribution is 2.30. The van der Waals surface area contributed by atoms with E-state index in [0.717, 1.165) is 12.1 Å². The molecule has 3 N–H and O–H groups in total. The summed E-state index contributed by atoms with van der Waals surface area (Å²) >= 11 is 0. The predicted molar refractivity (Wildman–Crippen MR) is 59.2 cm³/mol. The van der Waals surface area contributed by atoms with Gasteiger partial charge in [0.2, 0.25) is 0 Å². The lowest BCUT2D eigenvalue weighted by atomic mass is 9.94. The maximum absolute atomic E-state index is 12.3. The SMILES string of the molecule is CC(C)[C@@H](O)[C@@H](N)c1ccc(C(F)(F)F)cc1. The van der Waals surface area contributed by atoms with Gasteiger partial charge >= 0.3 is 6.18 Å². The second-order valence-corrected chi connectivity index (χ2v) is 4.38. The van der Waals surface area contributed by atoms with Crippen molar-refractivity contribution in [3.05, 3.63) is 35.4 Å². The molecule has 0 saturated carbocycles. The van der Waals surface area contributed by atoms with Gasteiger partial charge in [-0.05, 0) is 23.6 Å². The van der Waals surface area contributed by atoms with E-state index in [4.69, 9.17) is 5.73 Å². The van der Waals surface area contributed by atoms with Crippen molar-refractivity contribution in [1.82, 2.24) is 0 Å². The van der Waals surface area contributed by atoms with E-state index in [1.807, 2.05) is 0 Å². The number of rotatable bonds is 3. The molecule has 0 aliphatic rings. The highest BCUT2D eigenvalue weighted by Gasteiger charge is 2.30. The quantitative estimate of drug-likeness (QED) is 0.862. The molecule has 0 aliphatic carbocycles. The van der Waals surface area contributed by atoms with Crippen LogP contribution in [0.25, 0.3) is 0 Å². The zero-order valence-corrected chi connectivity index (χ0v) is 9.70. The lowest BCUT2D eigenvalue weighted by molar-refractivity contribution is -0.137. The number of halogens is 3. The third kappa shape index (κ3) is 3.44. The molecule has 0 radical (unpaired) electrons. The first kappa shape index (κ1) is 14.0. The highest BCUT2D eigenvalue weighted by molar-refractivity contribution is 5.27. The van der Waals surface area contributed by atoms with Crippen molar-refractivity contribution < 1.29 is 18.3 Å². The smallest absolute Gasteiger partial charge is 0.391 e. The molecule has 0 spiro atoms. The molecule has 0 heterocycles. The van der Waals surface area contributed by atoms with Crippen LogP contribution < -0.4 is 5.73 Å². The Kier molecular flexibility index (Phi) is 4.16. The van der Waals surface area contributed by atoms with E-state index in [9.17, 15) is 18.3 Å². The van der Waals surface area contributed by atoms with Crippen LogP contribution in [0.3, 0.4) is 0 Å². The van der Waals surface area contributed by atoms with Gasteiger partial charge in [0.25, 0.3) is 0 Å². The first-order chi connectivity index (χ1) is 7.73. The number of hydrogen-bond acceptors (Lipinski definition) is 2. The fraction of sp³-hybridized carbons (Fsp3) is 0.500. The first-order valence-corrected chi connectivity index (χ1v) is 5.34. The summed E-state index contributed by atoms with van der Waals surface area (Å²) in [5, 5.41) is 9.73. The van der Waals surface area contributed by atoms with E-state index in [1.165, 1.54) is 12.1 Å². The number of alkyl halides is 3. The molecule has 96 valence electrons. The molecule has 1 aromatic carbocycles. The van der Waals surface area contributed by atoms with Gasteiger partial charge in [0, 0.05) is 0 Å². The Balaban J connectivity index is 2.88. The van der Waals surface area contributed by atoms with Crippen LogP contribution in [-0.4, -0.2) is 11.2 Å². The second kappa shape index (κ2) is 5.06. The highest BCUT2D eigenvalue weighted by atomic mass is 19.4. The van der Waals surface area contributed by atoms with Crippen LogP contribution in [-0.2, 0) is 6.18 Å². The summed E-state index contributed by atoms with van der Waals surface area (Å²) in [5.41, 5.74) is 5.55. The summed E-state index contributed by atoms with van der Waals surface area (Å²) in [6.07, 6.45) is -5.12. The molecule has 0 amide bonds. The molecule has 5 heteroatoms. The maximum Gasteiger partial charge on any atom is 0.416 e. The Morgan fingerprint density at radius 1 is 1.12 bits per heavy atom. The van der Waals surface area contributed by atoms with Gasteiger partial charge in [-0.25, -0.2) is 0 Å². The molecule has 0 aromatic heterocycles. The van der Waals surface area contributed by atoms with Crippen molar-refractivity contribution in [2.45, 2.75) is 32.2 Å². The average Bonchev–Trinajstić information content (AvgIpc) is 2.26. The van der Waals surface area contributed by atoms with E-state index in [1.54, 1.807) is 13.8 Å². The third-order valence-corrected chi connectivity index (χ3v) is 2.67. The van der Waals surface area contributed by atoms with Crippen molar-refractivity contribution in [1.29, 1.82) is 0 Å². The summed E-state index contributed by atoms with van der Waals surface area (Å²) in [5.74, 6) is -0.0488. The number of aliphatic hydroxyl groups excluding tert-OH is 1. The van der Waals surface area contributed by atoms with Gasteiger partial charge in [0.15, 0.2) is 0 Å². The van der Waals surface area contributed by atoms with E-state index in [-0.39, 0.29) is 5.92 Å². The average molecular weight is 247 g/mol. The van der Waals surface area contributed by atoms with Gasteiger partial charge in [-0.15, -0.1) is 0 Å². The first-order valence-electron chi connectivity index (χ1n) is 5.34. The van der Waals surface area contributed by atoms with Crippen molar-refractivity contribution in [2.24, 2.45) is 11.7 Å². The Bertz CT molecular complexity index is 359. The number of nitrogens with two attached hydrogens (primary N) is 1. The minimum absolute atomic E-state index is 0.0488. The molecule has 1 aromatic rings. The largest absolute Gasteiger partial charge is 0.416 e. The fourth-order valence-electron chi connectivity index (χ4n) is 1.51. The van der Waals surface area contributed by atoms with Crippen molar-refractivity contribution in [3.63, 3.8) is 0 Å². The van der Waals surface area contributed by atoms with Gasteiger partial charge in [0.1, 0.15) is 0 Å². The lowest BCUT2D eigenvalue weighted by Crippen LogP contribution is -2.30. The molecule has 0 fully saturated rings. The molecular weight excluding hydrogens is 231 g/mol. The van der Waals surface area contributed by atoms with Gasteiger partial charge in [-0.2, -0.15) is 13.2 Å². The van der Waals surface area contributed by atoms with E-state index < -0.39 is 23.9 Å². The topological polar surface area (TPSA) is 46.2 Å². The van der Waals surface area contributed by atoms with E-state index >= 15 is 0 Å². The second-order valence-electron chi connectivity index (χ2n) is 4.38. The predicted octanol–water partition coefficient (Wildman–Crippen LogP) is 2.72. The molecule has 0 saturated heterocycles. The number of benzene rings is 1. The maximum atomic E-state index is 12.3. The minimum atomic E-state index is -4.35. The molecule has 0 unspecified atom stereocenters. The molecule has 1 rings (SSSR count). The Hall–Kier alpha value is -1.07. The fourth-order valence-corrected chi connectivity index (χ4v) is 1.51. The van der Waals surface area contributed by atoms with Crippen LogP contribution in [0, 0.1) is 5.92 Å². The lowest BCUT2D eigenvalue weighted by Gasteiger charge is -2.22. The van der Waals surface area contributed by atoms with Crippen LogP contribution in [0.15, 0.2) is 24.3 Å². The van der Waals surface area contributed by atoms with Crippen molar-refractivity contribution >= 4 is 0 Å². The summed E-state index contributed by atoms with van der Waals surface area (Å²) in [4.78, 5) is 0.